The summed E-state index contributed by atoms with van der Waals surface area (Å²) in [6, 6.07) is 14.6. The van der Waals surface area contributed by atoms with E-state index < -0.39 is 0 Å². The second kappa shape index (κ2) is 7.34. The molecule has 0 saturated heterocycles. The van der Waals surface area contributed by atoms with Crippen molar-refractivity contribution in [2.45, 2.75) is 48.1 Å². The van der Waals surface area contributed by atoms with E-state index >= 15 is 0 Å². The molecule has 0 spiro atoms. The minimum absolute atomic E-state index is 0.00959. The van der Waals surface area contributed by atoms with Gasteiger partial charge in [-0.2, -0.15) is 0 Å². The van der Waals surface area contributed by atoms with Crippen LogP contribution in [-0.4, -0.2) is 5.97 Å². The quantitative estimate of drug-likeness (QED) is 0.464. The topological polar surface area (TPSA) is 26.3 Å². The standard InChI is InChI=1S/C25H30O2/c1-16(2)14-22-23(25(22,5)6)24(26)27-15-21-17(3)12-13-20(18(21)4)19-10-8-7-9-11-19/h7-14,22-23H,15H2,1-6H3/t22-,23-/m0/s1. The van der Waals surface area contributed by atoms with Crippen LogP contribution in [0, 0.1) is 31.1 Å². The van der Waals surface area contributed by atoms with Crippen LogP contribution in [0.3, 0.4) is 0 Å². The van der Waals surface area contributed by atoms with Crippen LogP contribution in [0.25, 0.3) is 11.1 Å². The molecule has 1 aliphatic carbocycles. The highest BCUT2D eigenvalue weighted by atomic mass is 16.5. The van der Waals surface area contributed by atoms with Crippen molar-refractivity contribution in [1.82, 2.24) is 0 Å². The maximum atomic E-state index is 12.7. The Morgan fingerprint density at radius 2 is 1.74 bits per heavy atom. The van der Waals surface area contributed by atoms with E-state index in [0.717, 1.165) is 11.1 Å². The molecule has 2 aromatic rings. The largest absolute Gasteiger partial charge is 0.461 e. The fraction of sp³-hybridized carbons (Fsp3) is 0.400. The Morgan fingerprint density at radius 3 is 2.37 bits per heavy atom. The summed E-state index contributed by atoms with van der Waals surface area (Å²) in [5.74, 6) is 0.171. The maximum Gasteiger partial charge on any atom is 0.310 e. The summed E-state index contributed by atoms with van der Waals surface area (Å²) in [6.07, 6.45) is 2.21. The van der Waals surface area contributed by atoms with Gasteiger partial charge in [0.05, 0.1) is 5.92 Å². The van der Waals surface area contributed by atoms with Crippen LogP contribution in [0.5, 0.6) is 0 Å². The highest BCUT2D eigenvalue weighted by Crippen LogP contribution is 2.59. The second-order valence-corrected chi connectivity index (χ2v) is 8.58. The fourth-order valence-electron chi connectivity index (χ4n) is 4.08. The van der Waals surface area contributed by atoms with Crippen molar-refractivity contribution in [2.24, 2.45) is 17.3 Å². The van der Waals surface area contributed by atoms with Crippen molar-refractivity contribution in [3.63, 3.8) is 0 Å². The maximum absolute atomic E-state index is 12.7. The molecule has 2 heteroatoms. The Bertz CT molecular complexity index is 871. The molecule has 0 unspecified atom stereocenters. The monoisotopic (exact) mass is 362 g/mol. The number of carbonyl (C=O) groups excluding carboxylic acids is 1. The summed E-state index contributed by atoms with van der Waals surface area (Å²) in [5.41, 5.74) is 7.09. The van der Waals surface area contributed by atoms with Crippen molar-refractivity contribution in [3.8, 4) is 11.1 Å². The van der Waals surface area contributed by atoms with Crippen molar-refractivity contribution in [3.05, 3.63) is 70.8 Å². The second-order valence-electron chi connectivity index (χ2n) is 8.58. The first-order valence-corrected chi connectivity index (χ1v) is 9.69. The van der Waals surface area contributed by atoms with Crippen LogP contribution in [0.1, 0.15) is 44.4 Å². The van der Waals surface area contributed by atoms with Gasteiger partial charge in [0.25, 0.3) is 0 Å². The summed E-state index contributed by atoms with van der Waals surface area (Å²) >= 11 is 0. The average Bonchev–Trinajstić information content (AvgIpc) is 3.14. The molecule has 0 heterocycles. The van der Waals surface area contributed by atoms with Crippen molar-refractivity contribution in [1.29, 1.82) is 0 Å². The molecule has 0 radical (unpaired) electrons. The molecular formula is C25H30O2. The molecule has 2 aromatic carbocycles. The fourth-order valence-corrected chi connectivity index (χ4v) is 4.08. The van der Waals surface area contributed by atoms with Gasteiger partial charge >= 0.3 is 5.97 Å². The molecule has 1 fully saturated rings. The van der Waals surface area contributed by atoms with Crippen LogP contribution in [-0.2, 0) is 16.1 Å². The smallest absolute Gasteiger partial charge is 0.310 e. The Hall–Kier alpha value is -2.35. The lowest BCUT2D eigenvalue weighted by atomic mass is 9.94. The minimum atomic E-state index is -0.0774. The Labute approximate surface area is 163 Å². The number of esters is 1. The van der Waals surface area contributed by atoms with Crippen LogP contribution < -0.4 is 0 Å². The first-order chi connectivity index (χ1) is 12.7. The number of aryl methyl sites for hydroxylation is 1. The molecule has 1 saturated carbocycles. The predicted octanol–water partition coefficient (Wildman–Crippen LogP) is 6.25. The summed E-state index contributed by atoms with van der Waals surface area (Å²) in [7, 11) is 0. The molecule has 0 amide bonds. The summed E-state index contributed by atoms with van der Waals surface area (Å²) in [4.78, 5) is 12.7. The third-order valence-electron chi connectivity index (χ3n) is 5.95. The van der Waals surface area contributed by atoms with Crippen LogP contribution >= 0.6 is 0 Å². The van der Waals surface area contributed by atoms with E-state index in [1.54, 1.807) is 0 Å². The minimum Gasteiger partial charge on any atom is -0.461 e. The number of carbonyl (C=O) groups is 1. The zero-order valence-corrected chi connectivity index (χ0v) is 17.3. The first kappa shape index (κ1) is 19.4. The molecule has 0 aromatic heterocycles. The van der Waals surface area contributed by atoms with Crippen LogP contribution in [0.15, 0.2) is 54.1 Å². The van der Waals surface area contributed by atoms with Gasteiger partial charge in [0.1, 0.15) is 6.61 Å². The molecule has 0 bridgehead atoms. The Balaban J connectivity index is 1.77. The highest BCUT2D eigenvalue weighted by molar-refractivity contribution is 5.78. The lowest BCUT2D eigenvalue weighted by Gasteiger charge is -2.15. The molecule has 0 N–H and O–H groups in total. The molecular weight excluding hydrogens is 332 g/mol. The number of rotatable bonds is 5. The van der Waals surface area contributed by atoms with Crippen molar-refractivity contribution in [2.75, 3.05) is 0 Å². The van der Waals surface area contributed by atoms with Gasteiger partial charge in [0.15, 0.2) is 0 Å². The van der Waals surface area contributed by atoms with Crippen LogP contribution in [0.2, 0.25) is 0 Å². The summed E-state index contributed by atoms with van der Waals surface area (Å²) < 4.78 is 5.78. The van der Waals surface area contributed by atoms with Crippen molar-refractivity contribution < 1.29 is 9.53 Å². The van der Waals surface area contributed by atoms with E-state index in [2.05, 4.69) is 71.9 Å². The molecule has 3 rings (SSSR count). The highest BCUT2D eigenvalue weighted by Gasteiger charge is 2.61. The number of hydrogen-bond donors (Lipinski definition) is 0. The van der Waals surface area contributed by atoms with Gasteiger partial charge in [-0.1, -0.05) is 68.0 Å². The van der Waals surface area contributed by atoms with E-state index in [4.69, 9.17) is 4.74 Å². The number of hydrogen-bond acceptors (Lipinski definition) is 2. The third kappa shape index (κ3) is 3.85. The number of allylic oxidation sites excluding steroid dienone is 2. The van der Waals surface area contributed by atoms with E-state index in [9.17, 15) is 4.79 Å². The van der Waals surface area contributed by atoms with Gasteiger partial charge in [-0.3, -0.25) is 4.79 Å². The average molecular weight is 363 g/mol. The Kier molecular flexibility index (Phi) is 5.28. The van der Waals surface area contributed by atoms with E-state index in [1.807, 2.05) is 18.2 Å². The van der Waals surface area contributed by atoms with E-state index in [-0.39, 0.29) is 23.2 Å². The Morgan fingerprint density at radius 1 is 1.07 bits per heavy atom. The molecule has 142 valence electrons. The number of ether oxygens (including phenoxy) is 1. The van der Waals surface area contributed by atoms with Crippen molar-refractivity contribution >= 4 is 5.97 Å². The van der Waals surface area contributed by atoms with Gasteiger partial charge in [-0.05, 0) is 66.8 Å². The third-order valence-corrected chi connectivity index (χ3v) is 5.95. The SMILES string of the molecule is CC(C)=C[C@H]1[C@@H](C(=O)OCc2c(C)ccc(-c3ccccc3)c2C)C1(C)C. The molecule has 0 aliphatic heterocycles. The van der Waals surface area contributed by atoms with Gasteiger partial charge in [0, 0.05) is 0 Å². The molecule has 2 nitrogen and oxygen atoms in total. The van der Waals surface area contributed by atoms with E-state index in [0.29, 0.717) is 6.61 Å². The van der Waals surface area contributed by atoms with Gasteiger partial charge < -0.3 is 4.74 Å². The zero-order valence-electron chi connectivity index (χ0n) is 17.3. The molecule has 2 atom stereocenters. The van der Waals surface area contributed by atoms with Gasteiger partial charge in [-0.15, -0.1) is 0 Å². The van der Waals surface area contributed by atoms with Crippen LogP contribution in [0.4, 0.5) is 0 Å². The zero-order chi connectivity index (χ0) is 19.8. The number of benzene rings is 2. The molecule has 1 aliphatic rings. The lowest BCUT2D eigenvalue weighted by molar-refractivity contribution is -0.147. The normalized spacial score (nSPS) is 20.1. The van der Waals surface area contributed by atoms with Gasteiger partial charge in [0.2, 0.25) is 0 Å². The first-order valence-electron chi connectivity index (χ1n) is 9.69. The predicted molar refractivity (Wildman–Crippen MR) is 111 cm³/mol. The molecule has 27 heavy (non-hydrogen) atoms. The van der Waals surface area contributed by atoms with Gasteiger partial charge in [-0.25, -0.2) is 0 Å². The van der Waals surface area contributed by atoms with E-state index in [1.165, 1.54) is 22.3 Å². The lowest BCUT2D eigenvalue weighted by Crippen LogP contribution is -2.12. The summed E-state index contributed by atoms with van der Waals surface area (Å²) in [6.45, 7) is 13.0. The summed E-state index contributed by atoms with van der Waals surface area (Å²) in [5, 5.41) is 0.